The first-order valence-electron chi connectivity index (χ1n) is 11.0. The molecule has 2 amide bonds. The number of carbonyl (C=O) groups is 2. The summed E-state index contributed by atoms with van der Waals surface area (Å²) in [5.41, 5.74) is 3.74. The molecule has 1 unspecified atom stereocenters. The molecule has 1 aromatic heterocycles. The zero-order chi connectivity index (χ0) is 23.0. The molecule has 0 spiro atoms. The van der Waals surface area contributed by atoms with Crippen LogP contribution in [0.15, 0.2) is 24.5 Å². The summed E-state index contributed by atoms with van der Waals surface area (Å²) < 4.78 is 5.65. The Balaban J connectivity index is 1.63. The van der Waals surface area contributed by atoms with Gasteiger partial charge in [0.1, 0.15) is 11.3 Å². The number of aryl methyl sites for hydroxylation is 1. The highest BCUT2D eigenvalue weighted by molar-refractivity contribution is 6.30. The summed E-state index contributed by atoms with van der Waals surface area (Å²) in [7, 11) is 0. The van der Waals surface area contributed by atoms with Gasteiger partial charge in [-0.15, -0.1) is 0 Å². The molecular weight excluding hydrogens is 428 g/mol. The van der Waals surface area contributed by atoms with Crippen molar-refractivity contribution in [2.45, 2.75) is 65.1 Å². The van der Waals surface area contributed by atoms with Crippen molar-refractivity contribution in [3.05, 3.63) is 57.6 Å². The lowest BCUT2D eigenvalue weighted by atomic mass is 9.90. The summed E-state index contributed by atoms with van der Waals surface area (Å²) in [6.07, 6.45) is 5.25. The van der Waals surface area contributed by atoms with E-state index in [1.54, 1.807) is 16.0 Å². The van der Waals surface area contributed by atoms with Gasteiger partial charge in [-0.3, -0.25) is 9.78 Å². The van der Waals surface area contributed by atoms with Crippen molar-refractivity contribution in [3.63, 3.8) is 0 Å². The standard InChI is InChI=1S/C24H29ClN4O3/c1-15-12-27-20(13-26-15)22(30)28-9-7-16-10-17(25)11-18(19(16)14-28)21-6-5-8-29(21)23(31)32-24(2,3)4/h10-13,21H,5-9,14H2,1-4H3. The van der Waals surface area contributed by atoms with E-state index in [4.69, 9.17) is 16.3 Å². The Morgan fingerprint density at radius 3 is 2.62 bits per heavy atom. The first kappa shape index (κ1) is 22.5. The molecule has 170 valence electrons. The molecule has 3 heterocycles. The lowest BCUT2D eigenvalue weighted by Gasteiger charge is -2.34. The van der Waals surface area contributed by atoms with Crippen molar-refractivity contribution in [1.29, 1.82) is 0 Å². The van der Waals surface area contributed by atoms with Gasteiger partial charge in [0.05, 0.1) is 17.9 Å². The third-order valence-electron chi connectivity index (χ3n) is 5.87. The van der Waals surface area contributed by atoms with Gasteiger partial charge in [0.15, 0.2) is 0 Å². The van der Waals surface area contributed by atoms with Crippen LogP contribution >= 0.6 is 11.6 Å². The Hall–Kier alpha value is -2.67. The number of fused-ring (bicyclic) bond motifs is 1. The van der Waals surface area contributed by atoms with E-state index in [2.05, 4.69) is 9.97 Å². The van der Waals surface area contributed by atoms with Crippen LogP contribution in [0.25, 0.3) is 0 Å². The summed E-state index contributed by atoms with van der Waals surface area (Å²) in [6, 6.07) is 3.79. The minimum Gasteiger partial charge on any atom is -0.444 e. The molecule has 2 aliphatic heterocycles. The fourth-order valence-corrected chi connectivity index (χ4v) is 4.67. The van der Waals surface area contributed by atoms with Crippen LogP contribution in [-0.2, 0) is 17.7 Å². The predicted octanol–water partition coefficient (Wildman–Crippen LogP) is 4.71. The van der Waals surface area contributed by atoms with Gasteiger partial charge in [0.25, 0.3) is 5.91 Å². The highest BCUT2D eigenvalue weighted by atomic mass is 35.5. The minimum absolute atomic E-state index is 0.119. The maximum atomic E-state index is 13.1. The molecule has 7 nitrogen and oxygen atoms in total. The largest absolute Gasteiger partial charge is 0.444 e. The average molecular weight is 457 g/mol. The highest BCUT2D eigenvalue weighted by Gasteiger charge is 2.36. The van der Waals surface area contributed by atoms with E-state index < -0.39 is 5.60 Å². The highest BCUT2D eigenvalue weighted by Crippen LogP contribution is 2.39. The molecule has 4 rings (SSSR count). The molecule has 0 aliphatic carbocycles. The molecule has 0 bridgehead atoms. The molecule has 8 heteroatoms. The van der Waals surface area contributed by atoms with Gasteiger partial charge in [-0.1, -0.05) is 11.6 Å². The van der Waals surface area contributed by atoms with Gasteiger partial charge in [-0.2, -0.15) is 0 Å². The molecule has 0 saturated carbocycles. The normalized spacial score (nSPS) is 18.5. The summed E-state index contributed by atoms with van der Waals surface area (Å²) in [4.78, 5) is 38.0. The van der Waals surface area contributed by atoms with Crippen LogP contribution in [0.4, 0.5) is 4.79 Å². The summed E-state index contributed by atoms with van der Waals surface area (Å²) in [5, 5.41) is 0.652. The molecule has 1 atom stereocenters. The molecule has 0 N–H and O–H groups in total. The van der Waals surface area contributed by atoms with Crippen LogP contribution in [0.1, 0.15) is 72.5 Å². The first-order valence-corrected chi connectivity index (χ1v) is 11.4. The fourth-order valence-electron chi connectivity index (χ4n) is 4.42. The Kier molecular flexibility index (Phi) is 6.12. The third kappa shape index (κ3) is 4.72. The number of carbonyl (C=O) groups excluding carboxylic acids is 2. The maximum Gasteiger partial charge on any atom is 0.410 e. The number of likely N-dealkylation sites (tertiary alicyclic amines) is 1. The van der Waals surface area contributed by atoms with Crippen molar-refractivity contribution in [3.8, 4) is 0 Å². The summed E-state index contributed by atoms with van der Waals surface area (Å²) in [6.45, 7) is 9.13. The van der Waals surface area contributed by atoms with Crippen LogP contribution in [0.5, 0.6) is 0 Å². The molecule has 2 aromatic rings. The van der Waals surface area contributed by atoms with E-state index in [0.717, 1.165) is 35.2 Å². The predicted molar refractivity (Wildman–Crippen MR) is 122 cm³/mol. The van der Waals surface area contributed by atoms with Crippen molar-refractivity contribution in [2.24, 2.45) is 0 Å². The van der Waals surface area contributed by atoms with Crippen molar-refractivity contribution >= 4 is 23.6 Å². The van der Waals surface area contributed by atoms with Crippen molar-refractivity contribution in [1.82, 2.24) is 19.8 Å². The van der Waals surface area contributed by atoms with Crippen molar-refractivity contribution < 1.29 is 14.3 Å². The summed E-state index contributed by atoms with van der Waals surface area (Å²) in [5.74, 6) is -0.139. The second kappa shape index (κ2) is 8.70. The monoisotopic (exact) mass is 456 g/mol. The number of amides is 2. The second-order valence-electron chi connectivity index (χ2n) is 9.48. The first-order chi connectivity index (χ1) is 15.1. The number of aromatic nitrogens is 2. The van der Waals surface area contributed by atoms with Gasteiger partial charge in [-0.05, 0) is 75.8 Å². The van der Waals surface area contributed by atoms with Gasteiger partial charge >= 0.3 is 6.09 Å². The van der Waals surface area contributed by atoms with E-state index >= 15 is 0 Å². The number of hydrogen-bond donors (Lipinski definition) is 0. The third-order valence-corrected chi connectivity index (χ3v) is 6.09. The van der Waals surface area contributed by atoms with E-state index in [1.165, 1.54) is 6.20 Å². The SMILES string of the molecule is Cc1cnc(C(=O)N2CCc3cc(Cl)cc(C4CCCN4C(=O)OC(C)(C)C)c3C2)cn1. The Labute approximate surface area is 193 Å². The average Bonchev–Trinajstić information content (AvgIpc) is 3.21. The second-order valence-corrected chi connectivity index (χ2v) is 9.92. The van der Waals surface area contributed by atoms with Gasteiger partial charge in [0.2, 0.25) is 0 Å². The molecule has 0 radical (unpaired) electrons. The van der Waals surface area contributed by atoms with Gasteiger partial charge < -0.3 is 14.5 Å². The molecule has 2 aliphatic rings. The van der Waals surface area contributed by atoms with Gasteiger partial charge in [-0.25, -0.2) is 9.78 Å². The number of benzene rings is 1. The molecule has 1 saturated heterocycles. The molecular formula is C24H29ClN4O3. The van der Waals surface area contributed by atoms with E-state index in [9.17, 15) is 9.59 Å². The van der Waals surface area contributed by atoms with Gasteiger partial charge in [0, 0.05) is 30.9 Å². The van der Waals surface area contributed by atoms with Crippen LogP contribution in [0.3, 0.4) is 0 Å². The zero-order valence-electron chi connectivity index (χ0n) is 19.0. The van der Waals surface area contributed by atoms with Crippen LogP contribution < -0.4 is 0 Å². The van der Waals surface area contributed by atoms with Crippen molar-refractivity contribution in [2.75, 3.05) is 13.1 Å². The smallest absolute Gasteiger partial charge is 0.410 e. The maximum absolute atomic E-state index is 13.1. The number of hydrogen-bond acceptors (Lipinski definition) is 5. The molecule has 1 fully saturated rings. The van der Waals surface area contributed by atoms with E-state index in [1.807, 2.05) is 39.8 Å². The quantitative estimate of drug-likeness (QED) is 0.654. The van der Waals surface area contributed by atoms with Crippen LogP contribution in [0.2, 0.25) is 5.02 Å². The minimum atomic E-state index is -0.559. The number of halogens is 1. The van der Waals surface area contributed by atoms with E-state index in [0.29, 0.717) is 36.8 Å². The van der Waals surface area contributed by atoms with Crippen LogP contribution in [-0.4, -0.2) is 50.5 Å². The zero-order valence-corrected chi connectivity index (χ0v) is 19.8. The fraction of sp³-hybridized carbons (Fsp3) is 0.500. The topological polar surface area (TPSA) is 75.6 Å². The van der Waals surface area contributed by atoms with E-state index in [-0.39, 0.29) is 18.0 Å². The Bertz CT molecular complexity index is 1030. The number of rotatable bonds is 2. The lowest BCUT2D eigenvalue weighted by molar-refractivity contribution is 0.0222. The number of ether oxygens (including phenoxy) is 1. The lowest BCUT2D eigenvalue weighted by Crippen LogP contribution is -2.39. The molecule has 1 aromatic carbocycles. The molecule has 32 heavy (non-hydrogen) atoms. The number of nitrogens with zero attached hydrogens (tertiary/aromatic N) is 4. The summed E-state index contributed by atoms with van der Waals surface area (Å²) >= 11 is 6.47. The Morgan fingerprint density at radius 1 is 1.16 bits per heavy atom. The van der Waals surface area contributed by atoms with Crippen LogP contribution in [0, 0.1) is 6.92 Å². The Morgan fingerprint density at radius 2 is 1.94 bits per heavy atom.